The molecule has 0 fully saturated rings. The largest absolute Gasteiger partial charge is 0.382 e. The molecule has 6 heteroatoms. The summed E-state index contributed by atoms with van der Waals surface area (Å²) < 4.78 is 2.37. The third-order valence-corrected chi connectivity index (χ3v) is 6.42. The number of rotatable bonds is 4. The molecular weight excluding hydrogens is 389 g/mol. The molecule has 0 saturated carbocycles. The summed E-state index contributed by atoms with van der Waals surface area (Å²) in [7, 11) is 0. The number of nitrogens with zero attached hydrogens (tertiary/aromatic N) is 1. The highest BCUT2D eigenvalue weighted by Crippen LogP contribution is 2.34. The van der Waals surface area contributed by atoms with E-state index in [4.69, 9.17) is 40.5 Å². The number of aromatic nitrogens is 1. The molecule has 2 unspecified atom stereocenters. The Kier molecular flexibility index (Phi) is 5.24. The summed E-state index contributed by atoms with van der Waals surface area (Å²) in [6.45, 7) is 1.47. The van der Waals surface area contributed by atoms with E-state index >= 15 is 0 Å². The molecule has 26 heavy (non-hydrogen) atoms. The second-order valence-corrected chi connectivity index (χ2v) is 8.40. The van der Waals surface area contributed by atoms with Crippen LogP contribution in [0.1, 0.15) is 24.1 Å². The van der Waals surface area contributed by atoms with Gasteiger partial charge in [0.25, 0.3) is 0 Å². The maximum absolute atomic E-state index is 6.28. The Morgan fingerprint density at radius 3 is 2.88 bits per heavy atom. The van der Waals surface area contributed by atoms with Gasteiger partial charge in [0.05, 0.1) is 5.38 Å². The number of benzene rings is 1. The Morgan fingerprint density at radius 1 is 1.27 bits per heavy atom. The number of nitrogens with two attached hydrogens (primary N) is 1. The van der Waals surface area contributed by atoms with E-state index in [-0.39, 0.29) is 5.38 Å². The van der Waals surface area contributed by atoms with Crippen molar-refractivity contribution < 1.29 is 0 Å². The van der Waals surface area contributed by atoms with Gasteiger partial charge in [-0.1, -0.05) is 29.3 Å². The van der Waals surface area contributed by atoms with Crippen LogP contribution in [0.5, 0.6) is 0 Å². The van der Waals surface area contributed by atoms with Gasteiger partial charge < -0.3 is 15.6 Å². The van der Waals surface area contributed by atoms with Crippen molar-refractivity contribution in [3.05, 3.63) is 57.4 Å². The van der Waals surface area contributed by atoms with Gasteiger partial charge in [0.2, 0.25) is 0 Å². The van der Waals surface area contributed by atoms with Crippen molar-refractivity contribution in [2.75, 3.05) is 6.54 Å². The zero-order valence-electron chi connectivity index (χ0n) is 14.4. The molecule has 2 aromatic rings. The van der Waals surface area contributed by atoms with Gasteiger partial charge in [0.15, 0.2) is 0 Å². The Bertz CT molecular complexity index is 897. The minimum absolute atomic E-state index is 0.100. The van der Waals surface area contributed by atoms with Crippen molar-refractivity contribution in [1.29, 1.82) is 0 Å². The number of fused-ring (bicyclic) bond motifs is 3. The lowest BCUT2D eigenvalue weighted by molar-refractivity contribution is 0.488. The van der Waals surface area contributed by atoms with Crippen LogP contribution in [0.3, 0.4) is 0 Å². The van der Waals surface area contributed by atoms with Crippen molar-refractivity contribution in [3.63, 3.8) is 0 Å². The van der Waals surface area contributed by atoms with Gasteiger partial charge >= 0.3 is 0 Å². The van der Waals surface area contributed by atoms with Crippen LogP contribution in [0.15, 0.2) is 41.1 Å². The summed E-state index contributed by atoms with van der Waals surface area (Å²) >= 11 is 18.6. The van der Waals surface area contributed by atoms with Gasteiger partial charge in [0, 0.05) is 51.5 Å². The number of allylic oxidation sites excluding steroid dienone is 3. The van der Waals surface area contributed by atoms with Crippen molar-refractivity contribution in [2.45, 2.75) is 43.6 Å². The molecule has 3 nitrogen and oxygen atoms in total. The number of hydrogen-bond acceptors (Lipinski definition) is 2. The number of halogens is 3. The molecule has 2 aliphatic rings. The van der Waals surface area contributed by atoms with Gasteiger partial charge in [-0.25, -0.2) is 0 Å². The van der Waals surface area contributed by atoms with Gasteiger partial charge in [-0.05, 0) is 55.5 Å². The SMILES string of the molecule is NCCn1c2c(c3cc(Cl)ccc31)CC(NC1=CCC(Cl)C(Cl)=C1)CC2. The van der Waals surface area contributed by atoms with Crippen molar-refractivity contribution >= 4 is 45.7 Å². The molecule has 2 aliphatic carbocycles. The predicted octanol–water partition coefficient (Wildman–Crippen LogP) is 4.72. The Balaban J connectivity index is 1.63. The second-order valence-electron chi connectivity index (χ2n) is 7.00. The Morgan fingerprint density at radius 2 is 2.12 bits per heavy atom. The molecule has 1 aromatic heterocycles. The average molecular weight is 411 g/mol. The maximum Gasteiger partial charge on any atom is 0.0728 e. The van der Waals surface area contributed by atoms with E-state index in [0.717, 1.165) is 42.9 Å². The van der Waals surface area contributed by atoms with E-state index in [1.54, 1.807) is 0 Å². The average Bonchev–Trinajstić information content (AvgIpc) is 2.91. The Hall–Kier alpha value is -1.13. The second kappa shape index (κ2) is 7.47. The third-order valence-electron chi connectivity index (χ3n) is 5.29. The molecule has 1 heterocycles. The summed E-state index contributed by atoms with van der Waals surface area (Å²) in [5.41, 5.74) is 10.9. The van der Waals surface area contributed by atoms with Crippen LogP contribution in [0.25, 0.3) is 10.9 Å². The lowest BCUT2D eigenvalue weighted by atomic mass is 9.91. The molecule has 0 spiro atoms. The number of alkyl halides is 1. The molecule has 2 atom stereocenters. The first-order valence-electron chi connectivity index (χ1n) is 9.04. The normalized spacial score (nSPS) is 22.8. The highest BCUT2D eigenvalue weighted by atomic mass is 35.5. The van der Waals surface area contributed by atoms with Crippen LogP contribution in [0.4, 0.5) is 0 Å². The van der Waals surface area contributed by atoms with Crippen molar-refractivity contribution in [2.24, 2.45) is 5.73 Å². The van der Waals surface area contributed by atoms with E-state index in [1.807, 2.05) is 12.1 Å². The molecule has 138 valence electrons. The van der Waals surface area contributed by atoms with E-state index < -0.39 is 0 Å². The quantitative estimate of drug-likeness (QED) is 0.716. The van der Waals surface area contributed by atoms with Crippen LogP contribution in [0, 0.1) is 0 Å². The Labute approximate surface area is 168 Å². The van der Waals surface area contributed by atoms with Gasteiger partial charge in [-0.2, -0.15) is 0 Å². The summed E-state index contributed by atoms with van der Waals surface area (Å²) in [6.07, 6.45) is 7.93. The molecule has 0 radical (unpaired) electrons. The molecule has 1 aromatic carbocycles. The first-order valence-corrected chi connectivity index (χ1v) is 10.2. The molecule has 4 rings (SSSR count). The summed E-state index contributed by atoms with van der Waals surface area (Å²) in [6, 6.07) is 6.53. The molecule has 0 bridgehead atoms. The third kappa shape index (κ3) is 3.38. The van der Waals surface area contributed by atoms with E-state index in [0.29, 0.717) is 17.6 Å². The van der Waals surface area contributed by atoms with Crippen LogP contribution in [-0.2, 0) is 19.4 Å². The molecule has 3 N–H and O–H groups in total. The minimum Gasteiger partial charge on any atom is -0.382 e. The molecular formula is C20H22Cl3N3. The van der Waals surface area contributed by atoms with Crippen molar-refractivity contribution in [1.82, 2.24) is 9.88 Å². The van der Waals surface area contributed by atoms with E-state index in [2.05, 4.69) is 28.1 Å². The first kappa shape index (κ1) is 18.2. The lowest BCUT2D eigenvalue weighted by Gasteiger charge is -2.27. The fourth-order valence-corrected chi connectivity index (χ4v) is 4.64. The number of nitrogens with one attached hydrogen (secondary N) is 1. The van der Waals surface area contributed by atoms with Crippen LogP contribution < -0.4 is 11.1 Å². The molecule has 0 saturated heterocycles. The van der Waals surface area contributed by atoms with Crippen LogP contribution in [0.2, 0.25) is 5.02 Å². The zero-order chi connectivity index (χ0) is 18.3. The summed E-state index contributed by atoms with van der Waals surface area (Å²) in [4.78, 5) is 0. The van der Waals surface area contributed by atoms with Crippen LogP contribution in [-0.4, -0.2) is 22.5 Å². The number of hydrogen-bond donors (Lipinski definition) is 2. The topological polar surface area (TPSA) is 43.0 Å². The van der Waals surface area contributed by atoms with Crippen molar-refractivity contribution in [3.8, 4) is 0 Å². The monoisotopic (exact) mass is 409 g/mol. The van der Waals surface area contributed by atoms with Crippen LogP contribution >= 0.6 is 34.8 Å². The minimum atomic E-state index is -0.100. The predicted molar refractivity (Wildman–Crippen MR) is 111 cm³/mol. The smallest absolute Gasteiger partial charge is 0.0728 e. The molecule has 0 aliphatic heterocycles. The fourth-order valence-electron chi connectivity index (χ4n) is 4.11. The van der Waals surface area contributed by atoms with Gasteiger partial charge in [-0.15, -0.1) is 11.6 Å². The van der Waals surface area contributed by atoms with E-state index in [9.17, 15) is 0 Å². The van der Waals surface area contributed by atoms with Gasteiger partial charge in [-0.3, -0.25) is 0 Å². The highest BCUT2D eigenvalue weighted by molar-refractivity contribution is 6.37. The standard InChI is InChI=1S/C20H22Cl3N3/c21-12-1-5-19-15(9-12)16-10-13(3-6-20(16)26(19)8-7-24)25-14-2-4-17(22)18(23)11-14/h1-2,5,9,11,13,17,25H,3-4,6-8,10,24H2. The highest BCUT2D eigenvalue weighted by Gasteiger charge is 2.26. The molecule has 0 amide bonds. The zero-order valence-corrected chi connectivity index (χ0v) is 16.7. The lowest BCUT2D eigenvalue weighted by Crippen LogP contribution is -2.34. The first-order chi connectivity index (χ1) is 12.6. The van der Waals surface area contributed by atoms with Gasteiger partial charge in [0.1, 0.15) is 0 Å². The summed E-state index contributed by atoms with van der Waals surface area (Å²) in [5.74, 6) is 0. The summed E-state index contributed by atoms with van der Waals surface area (Å²) in [5, 5.41) is 6.28. The van der Waals surface area contributed by atoms with E-state index in [1.165, 1.54) is 22.2 Å². The fraction of sp³-hybridized carbons (Fsp3) is 0.400. The maximum atomic E-state index is 6.28.